The molecule has 0 bridgehead atoms. The first-order chi connectivity index (χ1) is 25.0. The van der Waals surface area contributed by atoms with Crippen LogP contribution >= 0.6 is 0 Å². The molecule has 0 N–H and O–H groups in total. The minimum Gasteiger partial charge on any atom is -0.115 e. The van der Waals surface area contributed by atoms with Crippen LogP contribution in [0.2, 0.25) is 0 Å². The number of benzene rings is 5. The van der Waals surface area contributed by atoms with E-state index >= 15 is 0 Å². The molecule has 0 heteroatoms. The molecule has 0 aliphatic heterocycles. The first kappa shape index (κ1) is 35.9. The van der Waals surface area contributed by atoms with Gasteiger partial charge in [-0.2, -0.15) is 0 Å². The highest BCUT2D eigenvalue weighted by atomic mass is 14.4. The summed E-state index contributed by atoms with van der Waals surface area (Å²) >= 11 is 0. The Morgan fingerprint density at radius 3 is 0.865 bits per heavy atom. The van der Waals surface area contributed by atoms with Crippen molar-refractivity contribution in [3.63, 3.8) is 0 Å². The molecule has 5 rings (SSSR count). The lowest BCUT2D eigenvalue weighted by Gasteiger charge is -2.34. The third-order valence-corrected chi connectivity index (χ3v) is 9.92. The predicted octanol–water partition coefficient (Wildman–Crippen LogP) is 9.52. The monoisotopic (exact) mass is 658 g/mol. The lowest BCUT2D eigenvalue weighted by atomic mass is 9.68. The second-order valence-corrected chi connectivity index (χ2v) is 13.2. The van der Waals surface area contributed by atoms with E-state index in [-0.39, 0.29) is 0 Å². The van der Waals surface area contributed by atoms with Gasteiger partial charge in [0.25, 0.3) is 0 Å². The highest BCUT2D eigenvalue weighted by Gasteiger charge is 2.35. The summed E-state index contributed by atoms with van der Waals surface area (Å²) in [7, 11) is 0. The molecule has 0 saturated carbocycles. The molecule has 0 unspecified atom stereocenters. The van der Waals surface area contributed by atoms with Crippen molar-refractivity contribution < 1.29 is 0 Å². The van der Waals surface area contributed by atoms with Crippen LogP contribution in [0.5, 0.6) is 0 Å². The second-order valence-electron chi connectivity index (χ2n) is 13.2. The summed E-state index contributed by atoms with van der Waals surface area (Å²) in [5, 5.41) is 0. The van der Waals surface area contributed by atoms with Crippen LogP contribution in [0.15, 0.2) is 84.9 Å². The Hall–Kier alpha value is -7.42. The molecule has 0 fully saturated rings. The van der Waals surface area contributed by atoms with Crippen molar-refractivity contribution in [3.8, 4) is 121 Å². The van der Waals surface area contributed by atoms with Gasteiger partial charge in [-0.15, -0.1) is 51.4 Å². The van der Waals surface area contributed by atoms with E-state index in [1.54, 1.807) is 0 Å². The van der Waals surface area contributed by atoms with Crippen LogP contribution in [0.4, 0.5) is 0 Å². The van der Waals surface area contributed by atoms with Crippen molar-refractivity contribution in [2.75, 3.05) is 0 Å². The Bertz CT molecular complexity index is 2460. The van der Waals surface area contributed by atoms with Crippen molar-refractivity contribution in [2.45, 2.75) is 38.5 Å². The summed E-state index contributed by atoms with van der Waals surface area (Å²) in [6.07, 6.45) is 49.0. The summed E-state index contributed by atoms with van der Waals surface area (Å²) in [5.74, 6) is 22.8. The van der Waals surface area contributed by atoms with Crippen molar-refractivity contribution in [1.29, 1.82) is 0 Å². The molecule has 0 aliphatic carbocycles. The van der Waals surface area contributed by atoms with Gasteiger partial charge in [-0.25, -0.2) is 0 Å². The molecule has 0 radical (unpaired) electrons. The summed E-state index contributed by atoms with van der Waals surface area (Å²) in [4.78, 5) is 0. The average Bonchev–Trinajstić information content (AvgIpc) is 3.18. The molecule has 242 valence electrons. The molecule has 0 aliphatic rings. The van der Waals surface area contributed by atoms with Gasteiger partial charge in [0, 0.05) is 55.3 Å². The minimum atomic E-state index is -0.722. The van der Waals surface area contributed by atoms with E-state index in [2.05, 4.69) is 75.1 Å². The SMILES string of the molecule is C#Cc1ccccc1-c1ccc(C(C)(C)c2ccc(C(C)(C)c3ccc(-c4ccccc4C#C)c(C#C)c3C#C)c(C#C)c2C#C)c(C#C)c1C#C. The largest absolute Gasteiger partial charge is 0.115 e. The van der Waals surface area contributed by atoms with Gasteiger partial charge in [0.1, 0.15) is 0 Å². The first-order valence-corrected chi connectivity index (χ1v) is 16.4. The fourth-order valence-electron chi connectivity index (χ4n) is 7.22. The number of hydrogen-bond donors (Lipinski definition) is 0. The van der Waals surface area contributed by atoms with E-state index in [0.717, 1.165) is 55.6 Å². The first-order valence-electron chi connectivity index (χ1n) is 16.4. The van der Waals surface area contributed by atoms with Crippen molar-refractivity contribution in [2.24, 2.45) is 0 Å². The lowest BCUT2D eigenvalue weighted by molar-refractivity contribution is 0.621. The number of rotatable bonds is 6. The Labute approximate surface area is 310 Å². The van der Waals surface area contributed by atoms with Crippen LogP contribution in [0.1, 0.15) is 94.5 Å². The van der Waals surface area contributed by atoms with Gasteiger partial charge in [-0.1, -0.05) is 148 Å². The molecule has 52 heavy (non-hydrogen) atoms. The topological polar surface area (TPSA) is 0 Å². The fraction of sp³-hybridized carbons (Fsp3) is 0.115. The number of hydrogen-bond acceptors (Lipinski definition) is 0. The van der Waals surface area contributed by atoms with Gasteiger partial charge in [0.15, 0.2) is 0 Å². The molecule has 0 aromatic heterocycles. The van der Waals surface area contributed by atoms with E-state index in [1.807, 2.05) is 84.9 Å². The zero-order valence-corrected chi connectivity index (χ0v) is 29.7. The van der Waals surface area contributed by atoms with Crippen LogP contribution in [0.25, 0.3) is 22.3 Å². The van der Waals surface area contributed by atoms with Gasteiger partial charge < -0.3 is 0 Å². The van der Waals surface area contributed by atoms with Gasteiger partial charge in [-0.3, -0.25) is 0 Å². The highest BCUT2D eigenvalue weighted by Crippen LogP contribution is 2.44. The Kier molecular flexibility index (Phi) is 9.80. The van der Waals surface area contributed by atoms with Gasteiger partial charge >= 0.3 is 0 Å². The Morgan fingerprint density at radius 1 is 0.308 bits per heavy atom. The summed E-state index contributed by atoms with van der Waals surface area (Å²) in [6, 6.07) is 27.2. The maximum absolute atomic E-state index is 6.31. The highest BCUT2D eigenvalue weighted by molar-refractivity contribution is 5.82. The summed E-state index contributed by atoms with van der Waals surface area (Å²) in [6.45, 7) is 8.23. The van der Waals surface area contributed by atoms with E-state index in [0.29, 0.717) is 33.4 Å². The molecular formula is C52H34. The quantitative estimate of drug-likeness (QED) is 0.160. The zero-order valence-electron chi connectivity index (χ0n) is 29.7. The molecule has 0 nitrogen and oxygen atoms in total. The molecule has 0 spiro atoms. The molecular weight excluding hydrogens is 625 g/mol. The second kappa shape index (κ2) is 14.2. The fourth-order valence-corrected chi connectivity index (χ4v) is 7.22. The summed E-state index contributed by atoms with van der Waals surface area (Å²) in [5.41, 5.74) is 9.98. The van der Waals surface area contributed by atoms with Crippen LogP contribution in [-0.4, -0.2) is 0 Å². The van der Waals surface area contributed by atoms with Crippen LogP contribution < -0.4 is 0 Å². The maximum atomic E-state index is 6.31. The molecule has 0 saturated heterocycles. The smallest absolute Gasteiger partial charge is 0.0481 e. The third kappa shape index (κ3) is 5.71. The molecule has 0 amide bonds. The van der Waals surface area contributed by atoms with Gasteiger partial charge in [0.2, 0.25) is 0 Å². The van der Waals surface area contributed by atoms with Crippen molar-refractivity contribution >= 4 is 0 Å². The summed E-state index contributed by atoms with van der Waals surface area (Å²) < 4.78 is 0. The normalized spacial score (nSPS) is 10.5. The van der Waals surface area contributed by atoms with Crippen LogP contribution in [0, 0.1) is 98.8 Å². The molecule has 0 heterocycles. The van der Waals surface area contributed by atoms with Gasteiger partial charge in [0.05, 0.1) is 0 Å². The zero-order chi connectivity index (χ0) is 37.8. The molecule has 0 atom stereocenters. The third-order valence-electron chi connectivity index (χ3n) is 9.92. The predicted molar refractivity (Wildman–Crippen MR) is 218 cm³/mol. The van der Waals surface area contributed by atoms with Crippen LogP contribution in [0.3, 0.4) is 0 Å². The minimum absolute atomic E-state index is 0.573. The Morgan fingerprint density at radius 2 is 0.577 bits per heavy atom. The molecule has 5 aromatic rings. The van der Waals surface area contributed by atoms with E-state index in [9.17, 15) is 0 Å². The number of terminal acetylenes is 8. The van der Waals surface area contributed by atoms with E-state index in [4.69, 9.17) is 51.4 Å². The molecule has 5 aromatic carbocycles. The van der Waals surface area contributed by atoms with Crippen LogP contribution in [-0.2, 0) is 10.8 Å². The lowest BCUT2D eigenvalue weighted by Crippen LogP contribution is -2.27. The Balaban J connectivity index is 1.72. The van der Waals surface area contributed by atoms with Gasteiger partial charge in [-0.05, 0) is 56.6 Å². The maximum Gasteiger partial charge on any atom is 0.0481 e. The standard InChI is InChI=1S/C52H34/c1-13-35-25-21-23-27-43(35)45-29-31-47(39(17-5)37(45)15-3)51(9,10)49-33-34-50(42(20-8)41(49)19-7)52(11,12)48-32-30-46(38(16-4)40(48)18-6)44-28-24-22-26-36(44)14-2/h1-8,21-34H,9-12H3. The van der Waals surface area contributed by atoms with E-state index in [1.165, 1.54) is 0 Å². The van der Waals surface area contributed by atoms with Crippen molar-refractivity contribution in [3.05, 3.63) is 152 Å². The van der Waals surface area contributed by atoms with Crippen molar-refractivity contribution in [1.82, 2.24) is 0 Å². The van der Waals surface area contributed by atoms with E-state index < -0.39 is 10.8 Å². The average molecular weight is 659 g/mol.